The fraction of sp³-hybridized carbons (Fsp3) is 0.400. The van der Waals surface area contributed by atoms with Gasteiger partial charge in [0.05, 0.1) is 4.47 Å². The van der Waals surface area contributed by atoms with Crippen molar-refractivity contribution in [3.8, 4) is 11.4 Å². The zero-order valence-electron chi connectivity index (χ0n) is 11.5. The van der Waals surface area contributed by atoms with Crippen molar-refractivity contribution >= 4 is 21.9 Å². The van der Waals surface area contributed by atoms with Crippen molar-refractivity contribution in [1.29, 1.82) is 0 Å². The summed E-state index contributed by atoms with van der Waals surface area (Å²) in [6, 6.07) is 4.70. The van der Waals surface area contributed by atoms with Gasteiger partial charge in [-0.2, -0.15) is 9.97 Å². The second kappa shape index (κ2) is 6.05. The zero-order chi connectivity index (χ0) is 14.8. The SMILES string of the molecule is Nc1nc(-c2ccc(F)c(Br)c2)nc(C2CCCCC2)n1. The Kier molecular flexibility index (Phi) is 4.14. The van der Waals surface area contributed by atoms with Gasteiger partial charge in [0.25, 0.3) is 0 Å². The molecule has 0 amide bonds. The molecule has 0 atom stereocenters. The molecule has 1 aromatic carbocycles. The first-order chi connectivity index (χ1) is 10.1. The summed E-state index contributed by atoms with van der Waals surface area (Å²) >= 11 is 3.18. The highest BCUT2D eigenvalue weighted by Gasteiger charge is 2.20. The van der Waals surface area contributed by atoms with Crippen molar-refractivity contribution in [3.63, 3.8) is 0 Å². The van der Waals surface area contributed by atoms with E-state index < -0.39 is 0 Å². The van der Waals surface area contributed by atoms with Crippen LogP contribution in [-0.4, -0.2) is 15.0 Å². The maximum absolute atomic E-state index is 13.3. The Bertz CT molecular complexity index is 656. The third kappa shape index (κ3) is 3.20. The monoisotopic (exact) mass is 350 g/mol. The van der Waals surface area contributed by atoms with Gasteiger partial charge in [-0.15, -0.1) is 0 Å². The second-order valence-corrected chi connectivity index (χ2v) is 6.19. The average Bonchev–Trinajstić information content (AvgIpc) is 2.50. The lowest BCUT2D eigenvalue weighted by atomic mass is 9.89. The molecule has 6 heteroatoms. The van der Waals surface area contributed by atoms with E-state index in [0.717, 1.165) is 24.2 Å². The van der Waals surface area contributed by atoms with E-state index in [-0.39, 0.29) is 11.8 Å². The zero-order valence-corrected chi connectivity index (χ0v) is 13.1. The number of nitrogens with zero attached hydrogens (tertiary/aromatic N) is 3. The molecule has 110 valence electrons. The predicted octanol–water partition coefficient (Wildman–Crippen LogP) is 4.07. The van der Waals surface area contributed by atoms with Crippen LogP contribution in [0.5, 0.6) is 0 Å². The molecule has 1 aliphatic rings. The van der Waals surface area contributed by atoms with Gasteiger partial charge in [-0.3, -0.25) is 0 Å². The normalized spacial score (nSPS) is 16.1. The van der Waals surface area contributed by atoms with E-state index in [1.54, 1.807) is 12.1 Å². The lowest BCUT2D eigenvalue weighted by Gasteiger charge is -2.20. The molecule has 0 bridgehead atoms. The molecule has 0 unspecified atom stereocenters. The van der Waals surface area contributed by atoms with Crippen LogP contribution in [0, 0.1) is 5.82 Å². The molecular formula is C15H16BrFN4. The fourth-order valence-electron chi connectivity index (χ4n) is 2.72. The van der Waals surface area contributed by atoms with Crippen LogP contribution in [0.15, 0.2) is 22.7 Å². The number of halogens is 2. The van der Waals surface area contributed by atoms with Crippen molar-refractivity contribution < 1.29 is 4.39 Å². The molecule has 0 spiro atoms. The van der Waals surface area contributed by atoms with Crippen LogP contribution >= 0.6 is 15.9 Å². The topological polar surface area (TPSA) is 64.7 Å². The number of rotatable bonds is 2. The minimum atomic E-state index is -0.312. The van der Waals surface area contributed by atoms with Crippen molar-refractivity contribution in [2.24, 2.45) is 0 Å². The summed E-state index contributed by atoms with van der Waals surface area (Å²) in [5.74, 6) is 1.53. The van der Waals surface area contributed by atoms with Gasteiger partial charge in [0.1, 0.15) is 11.6 Å². The molecule has 0 aliphatic heterocycles. The number of hydrogen-bond acceptors (Lipinski definition) is 4. The summed E-state index contributed by atoms with van der Waals surface area (Å²) in [6.45, 7) is 0. The highest BCUT2D eigenvalue weighted by molar-refractivity contribution is 9.10. The fourth-order valence-corrected chi connectivity index (χ4v) is 3.10. The molecule has 21 heavy (non-hydrogen) atoms. The van der Waals surface area contributed by atoms with Crippen molar-refractivity contribution in [2.45, 2.75) is 38.0 Å². The maximum Gasteiger partial charge on any atom is 0.223 e. The van der Waals surface area contributed by atoms with E-state index in [1.807, 2.05) is 0 Å². The van der Waals surface area contributed by atoms with Crippen LogP contribution in [0.3, 0.4) is 0 Å². The van der Waals surface area contributed by atoms with Crippen molar-refractivity contribution in [2.75, 3.05) is 5.73 Å². The Morgan fingerprint density at radius 1 is 1.10 bits per heavy atom. The predicted molar refractivity (Wildman–Crippen MR) is 83.2 cm³/mol. The highest BCUT2D eigenvalue weighted by Crippen LogP contribution is 2.32. The standard InChI is InChI=1S/C15H16BrFN4/c16-11-8-10(6-7-12(11)17)14-19-13(20-15(18)21-14)9-4-2-1-3-5-9/h6-9H,1-5H2,(H2,18,19,20,21). The molecule has 1 fully saturated rings. The summed E-state index contributed by atoms with van der Waals surface area (Å²) in [4.78, 5) is 13.0. The van der Waals surface area contributed by atoms with E-state index in [0.29, 0.717) is 16.2 Å². The van der Waals surface area contributed by atoms with Crippen LogP contribution in [0.1, 0.15) is 43.8 Å². The van der Waals surface area contributed by atoms with Crippen molar-refractivity contribution in [1.82, 2.24) is 15.0 Å². The van der Waals surface area contributed by atoms with E-state index in [2.05, 4.69) is 30.9 Å². The summed E-state index contributed by atoms with van der Waals surface area (Å²) in [5.41, 5.74) is 6.55. The first-order valence-electron chi connectivity index (χ1n) is 7.10. The van der Waals surface area contributed by atoms with Gasteiger partial charge in [0.15, 0.2) is 5.82 Å². The van der Waals surface area contributed by atoms with Gasteiger partial charge in [-0.05, 0) is 47.0 Å². The van der Waals surface area contributed by atoms with E-state index in [4.69, 9.17) is 5.73 Å². The summed E-state index contributed by atoms with van der Waals surface area (Å²) in [5, 5.41) is 0. The molecule has 1 aromatic heterocycles. The molecule has 2 N–H and O–H groups in total. The highest BCUT2D eigenvalue weighted by atomic mass is 79.9. The Hall–Kier alpha value is -1.56. The smallest absolute Gasteiger partial charge is 0.223 e. The molecule has 0 radical (unpaired) electrons. The van der Waals surface area contributed by atoms with E-state index >= 15 is 0 Å². The number of nitrogen functional groups attached to an aromatic ring is 1. The summed E-state index contributed by atoms with van der Waals surface area (Å²) < 4.78 is 13.7. The lowest BCUT2D eigenvalue weighted by Crippen LogP contribution is -2.12. The Morgan fingerprint density at radius 3 is 2.57 bits per heavy atom. The van der Waals surface area contributed by atoms with E-state index in [9.17, 15) is 4.39 Å². The van der Waals surface area contributed by atoms with Gasteiger partial charge in [0, 0.05) is 11.5 Å². The molecule has 1 saturated carbocycles. The summed E-state index contributed by atoms with van der Waals surface area (Å²) in [7, 11) is 0. The third-order valence-electron chi connectivity index (χ3n) is 3.82. The van der Waals surface area contributed by atoms with Crippen LogP contribution < -0.4 is 5.73 Å². The molecule has 2 aromatic rings. The largest absolute Gasteiger partial charge is 0.368 e. The molecular weight excluding hydrogens is 335 g/mol. The van der Waals surface area contributed by atoms with Gasteiger partial charge in [-0.1, -0.05) is 19.3 Å². The van der Waals surface area contributed by atoms with Gasteiger partial charge in [-0.25, -0.2) is 9.37 Å². The molecule has 3 rings (SSSR count). The number of benzene rings is 1. The van der Waals surface area contributed by atoms with Crippen LogP contribution in [0.25, 0.3) is 11.4 Å². The second-order valence-electron chi connectivity index (χ2n) is 5.34. The maximum atomic E-state index is 13.3. The minimum Gasteiger partial charge on any atom is -0.368 e. The van der Waals surface area contributed by atoms with Crippen LogP contribution in [-0.2, 0) is 0 Å². The number of aromatic nitrogens is 3. The van der Waals surface area contributed by atoms with Crippen LogP contribution in [0.2, 0.25) is 0 Å². The Labute approximate surface area is 131 Å². The molecule has 1 heterocycles. The first-order valence-corrected chi connectivity index (χ1v) is 7.89. The Balaban J connectivity index is 1.98. The van der Waals surface area contributed by atoms with Gasteiger partial charge >= 0.3 is 0 Å². The quantitative estimate of drug-likeness (QED) is 0.886. The Morgan fingerprint density at radius 2 is 1.86 bits per heavy atom. The first kappa shape index (κ1) is 14.4. The lowest BCUT2D eigenvalue weighted by molar-refractivity contribution is 0.428. The number of hydrogen-bond donors (Lipinski definition) is 1. The molecule has 4 nitrogen and oxygen atoms in total. The molecule has 1 aliphatic carbocycles. The van der Waals surface area contributed by atoms with Crippen molar-refractivity contribution in [3.05, 3.63) is 34.3 Å². The van der Waals surface area contributed by atoms with Gasteiger partial charge < -0.3 is 5.73 Å². The number of nitrogens with two attached hydrogens (primary N) is 1. The minimum absolute atomic E-state index is 0.223. The average molecular weight is 351 g/mol. The summed E-state index contributed by atoms with van der Waals surface area (Å²) in [6.07, 6.45) is 5.86. The van der Waals surface area contributed by atoms with Gasteiger partial charge in [0.2, 0.25) is 5.95 Å². The third-order valence-corrected chi connectivity index (χ3v) is 4.43. The molecule has 0 saturated heterocycles. The van der Waals surface area contributed by atoms with E-state index in [1.165, 1.54) is 25.3 Å². The van der Waals surface area contributed by atoms with Crippen LogP contribution in [0.4, 0.5) is 10.3 Å². The number of anilines is 1.